The van der Waals surface area contributed by atoms with Gasteiger partial charge in [0.05, 0.1) is 5.56 Å². The molecule has 0 fully saturated rings. The number of aryl methyl sites for hydroxylation is 2. The summed E-state index contributed by atoms with van der Waals surface area (Å²) in [4.78, 5) is 22.4. The lowest BCUT2D eigenvalue weighted by atomic mass is 10.1. The molecule has 0 bridgehead atoms. The maximum absolute atomic E-state index is 11.7. The molecule has 0 unspecified atom stereocenters. The summed E-state index contributed by atoms with van der Waals surface area (Å²) >= 11 is 0. The van der Waals surface area contributed by atoms with Crippen LogP contribution in [0.15, 0.2) is 30.3 Å². The van der Waals surface area contributed by atoms with E-state index in [0.29, 0.717) is 12.4 Å². The Morgan fingerprint density at radius 2 is 1.95 bits per heavy atom. The number of amides is 2. The molecular formula is C14H16N4O3. The van der Waals surface area contributed by atoms with E-state index in [9.17, 15) is 9.59 Å². The lowest BCUT2D eigenvalue weighted by molar-refractivity contribution is 0.0697. The standard InChI is InChI=1S/C14H16N4O3/c1-9-7-12(17-18(9)2)16-14(21)15-8-10-3-5-11(6-4-10)13(19)20/h3-7H,8H2,1-2H3,(H,19,20)(H2,15,16,17,21). The van der Waals surface area contributed by atoms with Gasteiger partial charge in [0.2, 0.25) is 0 Å². The van der Waals surface area contributed by atoms with Crippen LogP contribution in [0, 0.1) is 6.92 Å². The molecule has 7 heteroatoms. The van der Waals surface area contributed by atoms with Gasteiger partial charge in [0, 0.05) is 25.4 Å². The van der Waals surface area contributed by atoms with Crippen LogP contribution < -0.4 is 10.6 Å². The molecule has 7 nitrogen and oxygen atoms in total. The van der Waals surface area contributed by atoms with Crippen LogP contribution in [0.5, 0.6) is 0 Å². The van der Waals surface area contributed by atoms with Gasteiger partial charge in [-0.2, -0.15) is 5.10 Å². The molecule has 3 N–H and O–H groups in total. The van der Waals surface area contributed by atoms with Crippen LogP contribution in [0.3, 0.4) is 0 Å². The Labute approximate surface area is 121 Å². The van der Waals surface area contributed by atoms with Gasteiger partial charge in [-0.1, -0.05) is 12.1 Å². The number of urea groups is 1. The number of aromatic nitrogens is 2. The second kappa shape index (κ2) is 6.08. The van der Waals surface area contributed by atoms with Gasteiger partial charge in [0.15, 0.2) is 5.82 Å². The topological polar surface area (TPSA) is 96.2 Å². The molecule has 110 valence electrons. The molecule has 0 atom stereocenters. The van der Waals surface area contributed by atoms with E-state index in [4.69, 9.17) is 5.11 Å². The number of carboxylic acid groups (broad SMARTS) is 1. The van der Waals surface area contributed by atoms with Crippen LogP contribution >= 0.6 is 0 Å². The summed E-state index contributed by atoms with van der Waals surface area (Å²) in [6.45, 7) is 2.19. The molecule has 1 heterocycles. The average molecular weight is 288 g/mol. The summed E-state index contributed by atoms with van der Waals surface area (Å²) in [6.07, 6.45) is 0. The number of benzene rings is 1. The first kappa shape index (κ1) is 14.6. The molecule has 0 aliphatic rings. The molecule has 2 rings (SSSR count). The fourth-order valence-corrected chi connectivity index (χ4v) is 1.73. The van der Waals surface area contributed by atoms with Crippen molar-refractivity contribution in [2.24, 2.45) is 7.05 Å². The smallest absolute Gasteiger partial charge is 0.335 e. The predicted octanol–water partition coefficient (Wildman–Crippen LogP) is 1.75. The van der Waals surface area contributed by atoms with E-state index < -0.39 is 5.97 Å². The summed E-state index contributed by atoms with van der Waals surface area (Å²) in [5, 5.41) is 18.2. The van der Waals surface area contributed by atoms with E-state index in [0.717, 1.165) is 11.3 Å². The molecule has 1 aromatic carbocycles. The number of carbonyl (C=O) groups is 2. The SMILES string of the molecule is Cc1cc(NC(=O)NCc2ccc(C(=O)O)cc2)nn1C. The molecule has 0 saturated carbocycles. The summed E-state index contributed by atoms with van der Waals surface area (Å²) in [7, 11) is 1.79. The molecule has 2 aromatic rings. The molecule has 0 saturated heterocycles. The number of anilines is 1. The van der Waals surface area contributed by atoms with E-state index in [1.165, 1.54) is 12.1 Å². The molecular weight excluding hydrogens is 272 g/mol. The monoisotopic (exact) mass is 288 g/mol. The van der Waals surface area contributed by atoms with E-state index in [2.05, 4.69) is 15.7 Å². The van der Waals surface area contributed by atoms with Gasteiger partial charge in [-0.3, -0.25) is 10.00 Å². The Balaban J connectivity index is 1.87. The van der Waals surface area contributed by atoms with Crippen molar-refractivity contribution in [1.82, 2.24) is 15.1 Å². The summed E-state index contributed by atoms with van der Waals surface area (Å²) < 4.78 is 1.67. The molecule has 1 aromatic heterocycles. The van der Waals surface area contributed by atoms with Crippen molar-refractivity contribution in [3.05, 3.63) is 47.2 Å². The van der Waals surface area contributed by atoms with Crippen LogP contribution in [0.25, 0.3) is 0 Å². The first-order valence-electron chi connectivity index (χ1n) is 6.33. The second-order valence-corrected chi connectivity index (χ2v) is 4.60. The van der Waals surface area contributed by atoms with Gasteiger partial charge in [-0.25, -0.2) is 9.59 Å². The Hall–Kier alpha value is -2.83. The Bertz CT molecular complexity index is 642. The van der Waals surface area contributed by atoms with Crippen molar-refractivity contribution in [3.63, 3.8) is 0 Å². The van der Waals surface area contributed by atoms with Crippen LogP contribution in [-0.2, 0) is 13.6 Å². The zero-order valence-corrected chi connectivity index (χ0v) is 11.8. The Morgan fingerprint density at radius 1 is 1.29 bits per heavy atom. The summed E-state index contributed by atoms with van der Waals surface area (Å²) in [6, 6.07) is 7.72. The lowest BCUT2D eigenvalue weighted by Gasteiger charge is -2.06. The number of aromatic carboxylic acids is 1. The van der Waals surface area contributed by atoms with Gasteiger partial charge in [-0.05, 0) is 24.6 Å². The Kier molecular flexibility index (Phi) is 4.22. The Morgan fingerprint density at radius 3 is 2.48 bits per heavy atom. The fourth-order valence-electron chi connectivity index (χ4n) is 1.73. The van der Waals surface area contributed by atoms with Crippen molar-refractivity contribution in [2.45, 2.75) is 13.5 Å². The predicted molar refractivity (Wildman–Crippen MR) is 77.2 cm³/mol. The van der Waals surface area contributed by atoms with E-state index in [-0.39, 0.29) is 11.6 Å². The van der Waals surface area contributed by atoms with Crippen molar-refractivity contribution in [2.75, 3.05) is 5.32 Å². The third-order valence-corrected chi connectivity index (χ3v) is 3.01. The second-order valence-electron chi connectivity index (χ2n) is 4.60. The van der Waals surface area contributed by atoms with Crippen molar-refractivity contribution < 1.29 is 14.7 Å². The molecule has 0 radical (unpaired) electrons. The normalized spacial score (nSPS) is 10.2. The van der Waals surface area contributed by atoms with Crippen LogP contribution in [0.2, 0.25) is 0 Å². The zero-order valence-electron chi connectivity index (χ0n) is 11.8. The molecule has 2 amide bonds. The molecule has 0 aliphatic carbocycles. The van der Waals surface area contributed by atoms with Crippen molar-refractivity contribution >= 4 is 17.8 Å². The largest absolute Gasteiger partial charge is 0.478 e. The van der Waals surface area contributed by atoms with E-state index >= 15 is 0 Å². The van der Waals surface area contributed by atoms with Gasteiger partial charge >= 0.3 is 12.0 Å². The fraction of sp³-hybridized carbons (Fsp3) is 0.214. The number of nitrogens with zero attached hydrogens (tertiary/aromatic N) is 2. The highest BCUT2D eigenvalue weighted by atomic mass is 16.4. The number of carboxylic acids is 1. The highest BCUT2D eigenvalue weighted by Gasteiger charge is 2.06. The minimum Gasteiger partial charge on any atom is -0.478 e. The first-order chi connectivity index (χ1) is 9.95. The van der Waals surface area contributed by atoms with Crippen LogP contribution in [-0.4, -0.2) is 26.9 Å². The maximum atomic E-state index is 11.7. The molecule has 0 spiro atoms. The van der Waals surface area contributed by atoms with Crippen molar-refractivity contribution in [3.8, 4) is 0 Å². The van der Waals surface area contributed by atoms with Crippen LogP contribution in [0.1, 0.15) is 21.6 Å². The minimum atomic E-state index is -0.974. The zero-order chi connectivity index (χ0) is 15.4. The maximum Gasteiger partial charge on any atom is 0.335 e. The third-order valence-electron chi connectivity index (χ3n) is 3.01. The number of hydrogen-bond acceptors (Lipinski definition) is 3. The lowest BCUT2D eigenvalue weighted by Crippen LogP contribution is -2.28. The van der Waals surface area contributed by atoms with E-state index in [1.54, 1.807) is 29.9 Å². The molecule has 21 heavy (non-hydrogen) atoms. The third kappa shape index (κ3) is 3.82. The first-order valence-corrected chi connectivity index (χ1v) is 6.33. The van der Waals surface area contributed by atoms with Gasteiger partial charge in [-0.15, -0.1) is 0 Å². The minimum absolute atomic E-state index is 0.215. The number of carbonyl (C=O) groups excluding carboxylic acids is 1. The summed E-state index contributed by atoms with van der Waals surface area (Å²) in [5.74, 6) is -0.494. The van der Waals surface area contributed by atoms with Gasteiger partial charge in [0.1, 0.15) is 0 Å². The highest BCUT2D eigenvalue weighted by molar-refractivity contribution is 5.88. The average Bonchev–Trinajstić information content (AvgIpc) is 2.75. The highest BCUT2D eigenvalue weighted by Crippen LogP contribution is 2.07. The number of hydrogen-bond donors (Lipinski definition) is 3. The summed E-state index contributed by atoms with van der Waals surface area (Å²) in [5.41, 5.74) is 1.97. The van der Waals surface area contributed by atoms with Crippen LogP contribution in [0.4, 0.5) is 10.6 Å². The quantitative estimate of drug-likeness (QED) is 0.798. The van der Waals surface area contributed by atoms with Gasteiger partial charge in [0.25, 0.3) is 0 Å². The van der Waals surface area contributed by atoms with E-state index in [1.807, 2.05) is 6.92 Å². The van der Waals surface area contributed by atoms with Gasteiger partial charge < -0.3 is 10.4 Å². The molecule has 0 aliphatic heterocycles. The number of rotatable bonds is 4. The number of nitrogens with one attached hydrogen (secondary N) is 2. The van der Waals surface area contributed by atoms with Crippen molar-refractivity contribution in [1.29, 1.82) is 0 Å².